The maximum atomic E-state index is 10.2. The number of sulfone groups is 1. The molecule has 1 fully saturated rings. The molecule has 1 N–H and O–H groups in total. The Hall–Kier alpha value is -2.70. The minimum Gasteiger partial charge on any atom is -0.478 e. The van der Waals surface area contributed by atoms with Crippen LogP contribution in [0.5, 0.6) is 0 Å². The Morgan fingerprint density at radius 3 is 1.81 bits per heavy atom. The van der Waals surface area contributed by atoms with Crippen molar-refractivity contribution < 1.29 is 23.1 Å². The SMILES string of the molecule is C=C(CCC1CO1)C(=O)O.C=CS(=O)(=O)C=C.C=Cc1ccccc1C=C. The lowest BCUT2D eigenvalue weighted by Gasteiger charge is -1.96. The van der Waals surface area contributed by atoms with E-state index >= 15 is 0 Å². The van der Waals surface area contributed by atoms with E-state index in [2.05, 4.69) is 32.9 Å². The summed E-state index contributed by atoms with van der Waals surface area (Å²) >= 11 is 0. The predicted octanol–water partition coefficient (Wildman–Crippen LogP) is 4.47. The Labute approximate surface area is 161 Å². The fourth-order valence-electron chi connectivity index (χ4n) is 1.63. The summed E-state index contributed by atoms with van der Waals surface area (Å²) in [6.45, 7) is 17.7. The zero-order chi connectivity index (χ0) is 20.9. The first-order chi connectivity index (χ1) is 12.7. The van der Waals surface area contributed by atoms with Crippen molar-refractivity contribution in [3.8, 4) is 0 Å². The van der Waals surface area contributed by atoms with Crippen LogP contribution in [0.1, 0.15) is 24.0 Å². The molecule has 146 valence electrons. The maximum absolute atomic E-state index is 10.2. The highest BCUT2D eigenvalue weighted by Crippen LogP contribution is 2.17. The normalized spacial score (nSPS) is 14.1. The summed E-state index contributed by atoms with van der Waals surface area (Å²) in [5.41, 5.74) is 2.55. The van der Waals surface area contributed by atoms with Crippen LogP contribution in [0.15, 0.2) is 73.5 Å². The zero-order valence-electron chi connectivity index (χ0n) is 15.3. The Morgan fingerprint density at radius 1 is 1.11 bits per heavy atom. The molecule has 1 atom stereocenters. The molecule has 1 aromatic rings. The van der Waals surface area contributed by atoms with E-state index in [4.69, 9.17) is 9.84 Å². The van der Waals surface area contributed by atoms with E-state index in [-0.39, 0.29) is 5.57 Å². The molecule has 0 saturated carbocycles. The van der Waals surface area contributed by atoms with Gasteiger partial charge in [0.2, 0.25) is 0 Å². The molecular weight excluding hydrogens is 364 g/mol. The molecule has 27 heavy (non-hydrogen) atoms. The fourth-order valence-corrected chi connectivity index (χ4v) is 1.76. The molecular formula is C21H26O5S. The number of carbonyl (C=O) groups is 1. The van der Waals surface area contributed by atoms with Gasteiger partial charge in [0.25, 0.3) is 0 Å². The van der Waals surface area contributed by atoms with E-state index in [0.29, 0.717) is 12.5 Å². The molecule has 0 aliphatic carbocycles. The highest BCUT2D eigenvalue weighted by atomic mass is 32.2. The molecule has 1 aliphatic rings. The topological polar surface area (TPSA) is 84.0 Å². The highest BCUT2D eigenvalue weighted by Gasteiger charge is 2.22. The number of hydrogen-bond donors (Lipinski definition) is 1. The molecule has 1 aromatic carbocycles. The molecule has 1 unspecified atom stereocenters. The smallest absolute Gasteiger partial charge is 0.330 e. The van der Waals surface area contributed by atoms with Crippen LogP contribution in [0.25, 0.3) is 12.2 Å². The first-order valence-corrected chi connectivity index (χ1v) is 9.68. The summed E-state index contributed by atoms with van der Waals surface area (Å²) in [6, 6.07) is 8.02. The molecule has 0 spiro atoms. The third-order valence-electron chi connectivity index (χ3n) is 3.37. The van der Waals surface area contributed by atoms with Crippen molar-refractivity contribution in [2.45, 2.75) is 18.9 Å². The number of aliphatic carboxylic acids is 1. The lowest BCUT2D eigenvalue weighted by molar-refractivity contribution is -0.132. The number of epoxide rings is 1. The van der Waals surface area contributed by atoms with Crippen molar-refractivity contribution in [3.05, 3.63) is 84.7 Å². The van der Waals surface area contributed by atoms with Crippen LogP contribution < -0.4 is 0 Å². The van der Waals surface area contributed by atoms with Gasteiger partial charge in [-0.3, -0.25) is 0 Å². The zero-order valence-corrected chi connectivity index (χ0v) is 16.2. The summed E-state index contributed by atoms with van der Waals surface area (Å²) in [5.74, 6) is -0.902. The van der Waals surface area contributed by atoms with Gasteiger partial charge in [0.15, 0.2) is 9.84 Å². The number of carboxylic acids is 1. The number of hydrogen-bond acceptors (Lipinski definition) is 4. The molecule has 1 saturated heterocycles. The first-order valence-electron chi connectivity index (χ1n) is 8.07. The molecule has 1 aliphatic heterocycles. The lowest BCUT2D eigenvalue weighted by atomic mass is 10.1. The van der Waals surface area contributed by atoms with Gasteiger partial charge in [-0.25, -0.2) is 13.2 Å². The Bertz CT molecular complexity index is 746. The monoisotopic (exact) mass is 390 g/mol. The van der Waals surface area contributed by atoms with Gasteiger partial charge < -0.3 is 9.84 Å². The highest BCUT2D eigenvalue weighted by molar-refractivity contribution is 7.97. The Kier molecular flexibility index (Phi) is 11.4. The molecule has 0 radical (unpaired) electrons. The van der Waals surface area contributed by atoms with E-state index in [1.807, 2.05) is 36.4 Å². The molecule has 2 rings (SSSR count). The van der Waals surface area contributed by atoms with Crippen molar-refractivity contribution in [1.29, 1.82) is 0 Å². The van der Waals surface area contributed by atoms with Crippen molar-refractivity contribution in [1.82, 2.24) is 0 Å². The lowest BCUT2D eigenvalue weighted by Crippen LogP contribution is -1.99. The minimum atomic E-state index is -3.13. The Balaban J connectivity index is 0.000000384. The van der Waals surface area contributed by atoms with Crippen LogP contribution in [-0.4, -0.2) is 32.2 Å². The van der Waals surface area contributed by atoms with Crippen LogP contribution in [0.3, 0.4) is 0 Å². The van der Waals surface area contributed by atoms with Gasteiger partial charge in [0, 0.05) is 16.4 Å². The largest absolute Gasteiger partial charge is 0.478 e. The van der Waals surface area contributed by atoms with E-state index in [1.54, 1.807) is 0 Å². The van der Waals surface area contributed by atoms with E-state index in [0.717, 1.165) is 35.0 Å². The second kappa shape index (κ2) is 12.6. The summed E-state index contributed by atoms with van der Waals surface area (Å²) < 4.78 is 25.2. The third kappa shape index (κ3) is 11.5. The standard InChI is InChI=1S/C10H10.C7H10O3.C4H6O2S/c1-3-9-7-5-6-8-10(9)4-2;1-5(7(8)9)2-3-6-4-10-6;1-3-7(5,6)4-2/h3-8H,1-2H2;6H,1-4H2,(H,8,9);3-4H,1-2H2. The number of ether oxygens (including phenoxy) is 1. The van der Waals surface area contributed by atoms with Gasteiger partial charge >= 0.3 is 5.97 Å². The molecule has 0 aromatic heterocycles. The fraction of sp³-hybridized carbons (Fsp3) is 0.190. The van der Waals surface area contributed by atoms with Gasteiger partial charge in [-0.15, -0.1) is 0 Å². The average Bonchev–Trinajstić information content (AvgIpc) is 3.51. The van der Waals surface area contributed by atoms with Gasteiger partial charge in [0.05, 0.1) is 12.7 Å². The second-order valence-electron chi connectivity index (χ2n) is 5.36. The molecule has 1 heterocycles. The quantitative estimate of drug-likeness (QED) is 0.523. The number of benzene rings is 1. The second-order valence-corrected chi connectivity index (χ2v) is 7.21. The van der Waals surface area contributed by atoms with E-state index in [1.165, 1.54) is 0 Å². The number of rotatable bonds is 8. The summed E-state index contributed by atoms with van der Waals surface area (Å²) in [6.07, 6.45) is 5.30. The van der Waals surface area contributed by atoms with Crippen molar-refractivity contribution in [3.63, 3.8) is 0 Å². The molecule has 0 bridgehead atoms. The van der Waals surface area contributed by atoms with Crippen LogP contribution in [0.2, 0.25) is 0 Å². The molecule has 0 amide bonds. The van der Waals surface area contributed by atoms with Crippen molar-refractivity contribution >= 4 is 28.0 Å². The van der Waals surface area contributed by atoms with Gasteiger partial charge in [-0.05, 0) is 24.0 Å². The van der Waals surface area contributed by atoms with E-state index in [9.17, 15) is 13.2 Å². The Morgan fingerprint density at radius 2 is 1.56 bits per heavy atom. The minimum absolute atomic E-state index is 0.274. The van der Waals surface area contributed by atoms with Gasteiger partial charge in [-0.1, -0.05) is 69.3 Å². The molecule has 6 heteroatoms. The number of carboxylic acid groups (broad SMARTS) is 1. The average molecular weight is 391 g/mol. The maximum Gasteiger partial charge on any atom is 0.330 e. The van der Waals surface area contributed by atoms with E-state index < -0.39 is 15.8 Å². The molecule has 5 nitrogen and oxygen atoms in total. The third-order valence-corrected chi connectivity index (χ3v) is 4.30. The summed E-state index contributed by atoms with van der Waals surface area (Å²) in [4.78, 5) is 10.2. The van der Waals surface area contributed by atoms with Crippen LogP contribution in [-0.2, 0) is 19.4 Å². The van der Waals surface area contributed by atoms with Crippen LogP contribution in [0.4, 0.5) is 0 Å². The van der Waals surface area contributed by atoms with Gasteiger partial charge in [0.1, 0.15) is 0 Å². The van der Waals surface area contributed by atoms with Crippen molar-refractivity contribution in [2.24, 2.45) is 0 Å². The first kappa shape index (κ1) is 24.3. The summed E-state index contributed by atoms with van der Waals surface area (Å²) in [5, 5.41) is 10.1. The van der Waals surface area contributed by atoms with Crippen LogP contribution >= 0.6 is 0 Å². The predicted molar refractivity (Wildman–Crippen MR) is 112 cm³/mol. The van der Waals surface area contributed by atoms with Gasteiger partial charge in [-0.2, -0.15) is 0 Å². The summed E-state index contributed by atoms with van der Waals surface area (Å²) in [7, 11) is -3.13. The van der Waals surface area contributed by atoms with Crippen LogP contribution in [0, 0.1) is 0 Å². The van der Waals surface area contributed by atoms with Crippen molar-refractivity contribution in [2.75, 3.05) is 6.61 Å².